The SMILES string of the molecule is COCC1CCN(CC2(CS)CC2)CC1. The number of methoxy groups -OCH3 is 1. The minimum atomic E-state index is 0.594. The van der Waals surface area contributed by atoms with E-state index in [0.717, 1.165) is 18.3 Å². The van der Waals surface area contributed by atoms with Crippen LogP contribution in [0.15, 0.2) is 0 Å². The maximum atomic E-state index is 5.22. The van der Waals surface area contributed by atoms with Crippen molar-refractivity contribution in [2.24, 2.45) is 11.3 Å². The van der Waals surface area contributed by atoms with E-state index in [9.17, 15) is 0 Å². The lowest BCUT2D eigenvalue weighted by molar-refractivity contribution is 0.0921. The number of ether oxygens (including phenoxy) is 1. The summed E-state index contributed by atoms with van der Waals surface area (Å²) in [4.78, 5) is 2.63. The van der Waals surface area contributed by atoms with Gasteiger partial charge < -0.3 is 9.64 Å². The van der Waals surface area contributed by atoms with Crippen LogP contribution in [0.2, 0.25) is 0 Å². The molecule has 0 spiro atoms. The lowest BCUT2D eigenvalue weighted by Gasteiger charge is -2.33. The van der Waals surface area contributed by atoms with Gasteiger partial charge in [0.25, 0.3) is 0 Å². The van der Waals surface area contributed by atoms with E-state index >= 15 is 0 Å². The average Bonchev–Trinajstić information content (AvgIpc) is 3.02. The van der Waals surface area contributed by atoms with Crippen LogP contribution in [0.5, 0.6) is 0 Å². The zero-order valence-electron chi connectivity index (χ0n) is 9.74. The average molecular weight is 229 g/mol. The van der Waals surface area contributed by atoms with Crippen molar-refractivity contribution in [1.82, 2.24) is 4.90 Å². The van der Waals surface area contributed by atoms with Gasteiger partial charge in [-0.25, -0.2) is 0 Å². The second kappa shape index (κ2) is 5.07. The highest BCUT2D eigenvalue weighted by molar-refractivity contribution is 7.80. The minimum Gasteiger partial charge on any atom is -0.384 e. The highest BCUT2D eigenvalue weighted by Gasteiger charge is 2.42. The molecule has 0 radical (unpaired) electrons. The molecule has 2 aliphatic rings. The molecule has 1 heterocycles. The van der Waals surface area contributed by atoms with Crippen molar-refractivity contribution in [2.45, 2.75) is 25.7 Å². The van der Waals surface area contributed by atoms with Crippen molar-refractivity contribution < 1.29 is 4.74 Å². The third-order valence-electron chi connectivity index (χ3n) is 3.96. The Hall–Kier alpha value is 0.270. The van der Waals surface area contributed by atoms with Crippen molar-refractivity contribution in [3.05, 3.63) is 0 Å². The summed E-state index contributed by atoms with van der Waals surface area (Å²) in [5.74, 6) is 1.88. The van der Waals surface area contributed by atoms with Gasteiger partial charge in [0.2, 0.25) is 0 Å². The van der Waals surface area contributed by atoms with Crippen LogP contribution in [0.3, 0.4) is 0 Å². The van der Waals surface area contributed by atoms with Crippen LogP contribution in [0, 0.1) is 11.3 Å². The molecule has 0 amide bonds. The second-order valence-corrected chi connectivity index (χ2v) is 5.65. The number of hydrogen-bond donors (Lipinski definition) is 1. The number of likely N-dealkylation sites (tertiary alicyclic amines) is 1. The monoisotopic (exact) mass is 229 g/mol. The van der Waals surface area contributed by atoms with E-state index < -0.39 is 0 Å². The van der Waals surface area contributed by atoms with Gasteiger partial charge in [-0.15, -0.1) is 0 Å². The van der Waals surface area contributed by atoms with Gasteiger partial charge in [0.05, 0.1) is 0 Å². The van der Waals surface area contributed by atoms with Crippen LogP contribution in [-0.4, -0.2) is 44.0 Å². The highest BCUT2D eigenvalue weighted by Crippen LogP contribution is 2.47. The van der Waals surface area contributed by atoms with E-state index in [1.165, 1.54) is 45.3 Å². The standard InChI is InChI=1S/C12H23NOS/c1-14-8-11-2-6-13(7-3-11)9-12(10-15)4-5-12/h11,15H,2-10H2,1H3. The Morgan fingerprint density at radius 1 is 1.33 bits per heavy atom. The molecule has 0 aromatic carbocycles. The van der Waals surface area contributed by atoms with Crippen molar-refractivity contribution in [1.29, 1.82) is 0 Å². The summed E-state index contributed by atoms with van der Waals surface area (Å²) in [7, 11) is 1.81. The van der Waals surface area contributed by atoms with Crippen LogP contribution >= 0.6 is 12.6 Å². The summed E-state index contributed by atoms with van der Waals surface area (Å²) in [5.41, 5.74) is 0.594. The fraction of sp³-hybridized carbons (Fsp3) is 1.00. The van der Waals surface area contributed by atoms with Crippen LogP contribution < -0.4 is 0 Å². The van der Waals surface area contributed by atoms with Crippen LogP contribution in [0.25, 0.3) is 0 Å². The van der Waals surface area contributed by atoms with Gasteiger partial charge >= 0.3 is 0 Å². The maximum absolute atomic E-state index is 5.22. The fourth-order valence-corrected chi connectivity index (χ4v) is 2.98. The molecule has 0 N–H and O–H groups in total. The molecule has 88 valence electrons. The molecule has 2 nitrogen and oxygen atoms in total. The van der Waals surface area contributed by atoms with Gasteiger partial charge in [0.15, 0.2) is 0 Å². The number of piperidine rings is 1. The second-order valence-electron chi connectivity index (χ2n) is 5.33. The van der Waals surface area contributed by atoms with E-state index in [-0.39, 0.29) is 0 Å². The molecule has 0 atom stereocenters. The molecule has 0 unspecified atom stereocenters. The molecule has 0 aromatic heterocycles. The van der Waals surface area contributed by atoms with E-state index in [2.05, 4.69) is 17.5 Å². The van der Waals surface area contributed by atoms with Gasteiger partial charge in [0.1, 0.15) is 0 Å². The first-order valence-corrected chi connectivity index (χ1v) is 6.73. The van der Waals surface area contributed by atoms with E-state index in [4.69, 9.17) is 4.74 Å². The summed E-state index contributed by atoms with van der Waals surface area (Å²) in [6.45, 7) is 4.77. The van der Waals surface area contributed by atoms with E-state index in [1.807, 2.05) is 7.11 Å². The van der Waals surface area contributed by atoms with Gasteiger partial charge in [0, 0.05) is 20.3 Å². The first kappa shape index (κ1) is 11.7. The lowest BCUT2D eigenvalue weighted by Crippen LogP contribution is -2.39. The molecule has 1 aliphatic carbocycles. The number of hydrogen-bond acceptors (Lipinski definition) is 3. The number of nitrogens with zero attached hydrogens (tertiary/aromatic N) is 1. The van der Waals surface area contributed by atoms with Gasteiger partial charge in [-0.05, 0) is 55.9 Å². The maximum Gasteiger partial charge on any atom is 0.0491 e. The van der Waals surface area contributed by atoms with Gasteiger partial charge in [-0.2, -0.15) is 12.6 Å². The third-order valence-corrected chi connectivity index (χ3v) is 4.63. The molecule has 1 saturated carbocycles. The molecule has 1 aliphatic heterocycles. The third kappa shape index (κ3) is 3.11. The largest absolute Gasteiger partial charge is 0.384 e. The van der Waals surface area contributed by atoms with E-state index in [1.54, 1.807) is 0 Å². The van der Waals surface area contributed by atoms with Crippen molar-refractivity contribution in [3.8, 4) is 0 Å². The Morgan fingerprint density at radius 3 is 2.47 bits per heavy atom. The molecular weight excluding hydrogens is 206 g/mol. The first-order valence-electron chi connectivity index (χ1n) is 6.10. The summed E-state index contributed by atoms with van der Waals surface area (Å²) >= 11 is 4.47. The Bertz CT molecular complexity index is 198. The van der Waals surface area contributed by atoms with Gasteiger partial charge in [-0.3, -0.25) is 0 Å². The first-order chi connectivity index (χ1) is 7.28. The fourth-order valence-electron chi connectivity index (χ4n) is 2.56. The summed E-state index contributed by atoms with van der Waals surface area (Å²) in [6.07, 6.45) is 5.43. The Morgan fingerprint density at radius 2 is 2.00 bits per heavy atom. The van der Waals surface area contributed by atoms with Gasteiger partial charge in [-0.1, -0.05) is 0 Å². The van der Waals surface area contributed by atoms with Crippen LogP contribution in [-0.2, 0) is 4.74 Å². The molecule has 2 rings (SSSR count). The quantitative estimate of drug-likeness (QED) is 0.725. The Labute approximate surface area is 98.8 Å². The summed E-state index contributed by atoms with van der Waals surface area (Å²) in [5, 5.41) is 0. The summed E-state index contributed by atoms with van der Waals surface area (Å²) in [6, 6.07) is 0. The topological polar surface area (TPSA) is 12.5 Å². The molecule has 0 aromatic rings. The Kier molecular flexibility index (Phi) is 3.97. The zero-order chi connectivity index (χ0) is 10.7. The van der Waals surface area contributed by atoms with Crippen molar-refractivity contribution in [3.63, 3.8) is 0 Å². The van der Waals surface area contributed by atoms with Crippen molar-refractivity contribution in [2.75, 3.05) is 39.1 Å². The number of rotatable bonds is 5. The molecular formula is C12H23NOS. The summed E-state index contributed by atoms with van der Waals surface area (Å²) < 4.78 is 5.22. The molecule has 2 fully saturated rings. The molecule has 15 heavy (non-hydrogen) atoms. The molecule has 0 bridgehead atoms. The minimum absolute atomic E-state index is 0.594. The van der Waals surface area contributed by atoms with E-state index in [0.29, 0.717) is 5.41 Å². The lowest BCUT2D eigenvalue weighted by atomic mass is 9.96. The normalized spacial score (nSPS) is 26.8. The highest BCUT2D eigenvalue weighted by atomic mass is 32.1. The zero-order valence-corrected chi connectivity index (χ0v) is 10.6. The van der Waals surface area contributed by atoms with Crippen molar-refractivity contribution >= 4 is 12.6 Å². The van der Waals surface area contributed by atoms with Crippen LogP contribution in [0.4, 0.5) is 0 Å². The Balaban J connectivity index is 1.69. The molecule has 1 saturated heterocycles. The predicted octanol–water partition coefficient (Wildman–Crippen LogP) is 2.05. The van der Waals surface area contributed by atoms with Crippen LogP contribution in [0.1, 0.15) is 25.7 Å². The number of thiol groups is 1. The molecule has 3 heteroatoms. The predicted molar refractivity (Wildman–Crippen MR) is 66.6 cm³/mol. The smallest absolute Gasteiger partial charge is 0.0491 e.